The summed E-state index contributed by atoms with van der Waals surface area (Å²) in [5.41, 5.74) is 0.571. The number of amides is 1. The molecule has 2 aromatic rings. The lowest BCUT2D eigenvalue weighted by atomic mass is 10.2. The molecule has 0 aliphatic carbocycles. The van der Waals surface area contributed by atoms with E-state index in [1.807, 2.05) is 18.2 Å². The molecule has 1 aliphatic heterocycles. The summed E-state index contributed by atoms with van der Waals surface area (Å²) in [6.45, 7) is 3.31. The first-order valence-electron chi connectivity index (χ1n) is 8.49. The fourth-order valence-electron chi connectivity index (χ4n) is 2.73. The molecule has 0 radical (unpaired) electrons. The second-order valence-corrected chi connectivity index (χ2v) is 7.84. The first-order valence-corrected chi connectivity index (χ1v) is 9.75. The molecule has 1 aromatic heterocycles. The summed E-state index contributed by atoms with van der Waals surface area (Å²) in [5.74, 6) is -0.144. The quantitative estimate of drug-likeness (QED) is 0.700. The molecule has 1 aromatic carbocycles. The third kappa shape index (κ3) is 4.69. The number of carbonyl (C=O) groups excluding carboxylic acids is 1. The van der Waals surface area contributed by atoms with Crippen LogP contribution in [-0.2, 0) is 22.6 Å². The molecule has 2 heterocycles. The molecule has 1 aliphatic rings. The van der Waals surface area contributed by atoms with Gasteiger partial charge in [-0.2, -0.15) is 0 Å². The first-order chi connectivity index (χ1) is 12.5. The van der Waals surface area contributed by atoms with Gasteiger partial charge in [-0.15, -0.1) is 5.10 Å². The summed E-state index contributed by atoms with van der Waals surface area (Å²) in [4.78, 5) is 24.4. The van der Waals surface area contributed by atoms with Crippen LogP contribution in [0.4, 0.5) is 0 Å². The third-order valence-corrected chi connectivity index (χ3v) is 5.65. The van der Waals surface area contributed by atoms with E-state index in [0.717, 1.165) is 25.0 Å². The van der Waals surface area contributed by atoms with Gasteiger partial charge in [-0.25, -0.2) is 9.89 Å². The number of benzene rings is 1. The highest BCUT2D eigenvalue weighted by atomic mass is 35.5. The van der Waals surface area contributed by atoms with Crippen LogP contribution in [0.1, 0.15) is 25.3 Å². The van der Waals surface area contributed by atoms with Gasteiger partial charge in [0, 0.05) is 18.2 Å². The van der Waals surface area contributed by atoms with Crippen LogP contribution >= 0.6 is 23.4 Å². The highest BCUT2D eigenvalue weighted by Crippen LogP contribution is 2.22. The van der Waals surface area contributed by atoms with Crippen molar-refractivity contribution in [2.24, 2.45) is 0 Å². The molecular formula is C17H21ClN4O3S. The van der Waals surface area contributed by atoms with Crippen molar-refractivity contribution in [1.29, 1.82) is 0 Å². The van der Waals surface area contributed by atoms with Gasteiger partial charge in [0.15, 0.2) is 5.16 Å². The van der Waals surface area contributed by atoms with Gasteiger partial charge in [0.1, 0.15) is 0 Å². The molecule has 1 amide bonds. The molecule has 1 saturated heterocycles. The van der Waals surface area contributed by atoms with Crippen molar-refractivity contribution in [2.75, 3.05) is 6.61 Å². The van der Waals surface area contributed by atoms with Gasteiger partial charge in [0.2, 0.25) is 5.91 Å². The monoisotopic (exact) mass is 396 g/mol. The van der Waals surface area contributed by atoms with Gasteiger partial charge < -0.3 is 10.1 Å². The Morgan fingerprint density at radius 1 is 1.54 bits per heavy atom. The Morgan fingerprint density at radius 3 is 3.08 bits per heavy atom. The SMILES string of the molecule is C[C@H](Sc1n[nH]c(=O)n1C[C@H]1CCCO1)C(=O)NCc1ccccc1Cl. The van der Waals surface area contributed by atoms with Gasteiger partial charge in [0.25, 0.3) is 0 Å². The van der Waals surface area contributed by atoms with Crippen LogP contribution in [0.2, 0.25) is 5.02 Å². The molecule has 140 valence electrons. The Hall–Kier alpha value is -1.77. The molecule has 9 heteroatoms. The maximum atomic E-state index is 12.4. The van der Waals surface area contributed by atoms with Crippen LogP contribution in [0.3, 0.4) is 0 Å². The summed E-state index contributed by atoms with van der Waals surface area (Å²) in [6, 6.07) is 7.37. The van der Waals surface area contributed by atoms with E-state index < -0.39 is 5.25 Å². The predicted octanol–water partition coefficient (Wildman–Crippen LogP) is 2.20. The summed E-state index contributed by atoms with van der Waals surface area (Å²) >= 11 is 7.34. The maximum absolute atomic E-state index is 12.4. The number of rotatable bonds is 7. The Morgan fingerprint density at radius 2 is 2.35 bits per heavy atom. The number of aromatic amines is 1. The average Bonchev–Trinajstić information content (AvgIpc) is 3.26. The third-order valence-electron chi connectivity index (χ3n) is 4.20. The van der Waals surface area contributed by atoms with Crippen LogP contribution in [0.15, 0.2) is 34.2 Å². The summed E-state index contributed by atoms with van der Waals surface area (Å²) in [6.07, 6.45) is 1.95. The minimum Gasteiger partial charge on any atom is -0.376 e. The van der Waals surface area contributed by atoms with Gasteiger partial charge in [-0.3, -0.25) is 9.36 Å². The zero-order valence-electron chi connectivity index (χ0n) is 14.4. The predicted molar refractivity (Wildman–Crippen MR) is 100 cm³/mol. The van der Waals surface area contributed by atoms with E-state index in [0.29, 0.717) is 23.3 Å². The fraction of sp³-hybridized carbons (Fsp3) is 0.471. The molecule has 1 fully saturated rings. The van der Waals surface area contributed by atoms with Crippen LogP contribution in [0, 0.1) is 0 Å². The van der Waals surface area contributed by atoms with E-state index >= 15 is 0 Å². The molecule has 0 bridgehead atoms. The Bertz CT molecular complexity index is 816. The molecule has 0 unspecified atom stereocenters. The molecule has 26 heavy (non-hydrogen) atoms. The minimum absolute atomic E-state index is 0.0222. The van der Waals surface area contributed by atoms with E-state index in [1.165, 1.54) is 11.8 Å². The normalized spacial score (nSPS) is 18.0. The zero-order chi connectivity index (χ0) is 18.5. The van der Waals surface area contributed by atoms with Crippen molar-refractivity contribution in [3.8, 4) is 0 Å². The van der Waals surface area contributed by atoms with E-state index in [1.54, 1.807) is 17.6 Å². The fourth-order valence-corrected chi connectivity index (χ4v) is 3.82. The Kier molecular flexibility index (Phi) is 6.39. The lowest BCUT2D eigenvalue weighted by molar-refractivity contribution is -0.120. The molecule has 2 atom stereocenters. The lowest BCUT2D eigenvalue weighted by Crippen LogP contribution is -2.31. The number of aromatic nitrogens is 3. The highest BCUT2D eigenvalue weighted by Gasteiger charge is 2.22. The first kappa shape index (κ1) is 19.0. The van der Waals surface area contributed by atoms with Gasteiger partial charge in [-0.05, 0) is 31.4 Å². The number of ether oxygens (including phenoxy) is 1. The topological polar surface area (TPSA) is 89.0 Å². The van der Waals surface area contributed by atoms with Gasteiger partial charge in [-0.1, -0.05) is 41.6 Å². The molecule has 0 saturated carbocycles. The van der Waals surface area contributed by atoms with E-state index in [-0.39, 0.29) is 17.7 Å². The second-order valence-electron chi connectivity index (χ2n) is 6.13. The summed E-state index contributed by atoms with van der Waals surface area (Å²) < 4.78 is 7.13. The van der Waals surface area contributed by atoms with Crippen molar-refractivity contribution in [1.82, 2.24) is 20.1 Å². The number of nitrogens with one attached hydrogen (secondary N) is 2. The van der Waals surface area contributed by atoms with Crippen molar-refractivity contribution in [3.63, 3.8) is 0 Å². The van der Waals surface area contributed by atoms with Crippen molar-refractivity contribution < 1.29 is 9.53 Å². The van der Waals surface area contributed by atoms with Crippen LogP contribution in [0.25, 0.3) is 0 Å². The minimum atomic E-state index is -0.407. The number of thioether (sulfide) groups is 1. The standard InChI is InChI=1S/C17H21ClN4O3S/c1-11(15(23)19-9-12-5-2-3-7-14(12)18)26-17-21-20-16(24)22(17)10-13-6-4-8-25-13/h2-3,5,7,11,13H,4,6,8-10H2,1H3,(H,19,23)(H,20,24)/t11-,13+/m0/s1. The number of H-pyrrole nitrogens is 1. The molecular weight excluding hydrogens is 376 g/mol. The smallest absolute Gasteiger partial charge is 0.344 e. The number of carbonyl (C=O) groups is 1. The molecule has 2 N–H and O–H groups in total. The molecule has 3 rings (SSSR count). The zero-order valence-corrected chi connectivity index (χ0v) is 16.0. The van der Waals surface area contributed by atoms with Gasteiger partial charge in [0.05, 0.1) is 17.9 Å². The lowest BCUT2D eigenvalue weighted by Gasteiger charge is -2.14. The van der Waals surface area contributed by atoms with E-state index in [2.05, 4.69) is 15.5 Å². The van der Waals surface area contributed by atoms with E-state index in [9.17, 15) is 9.59 Å². The van der Waals surface area contributed by atoms with Gasteiger partial charge >= 0.3 is 5.69 Å². The number of hydrogen-bond acceptors (Lipinski definition) is 5. The summed E-state index contributed by atoms with van der Waals surface area (Å²) in [5, 5.41) is 10.1. The summed E-state index contributed by atoms with van der Waals surface area (Å²) in [7, 11) is 0. The number of nitrogens with zero attached hydrogens (tertiary/aromatic N) is 2. The second kappa shape index (κ2) is 8.75. The van der Waals surface area contributed by atoms with Crippen molar-refractivity contribution in [3.05, 3.63) is 45.3 Å². The largest absolute Gasteiger partial charge is 0.376 e. The molecule has 0 spiro atoms. The van der Waals surface area contributed by atoms with Crippen LogP contribution < -0.4 is 11.0 Å². The highest BCUT2D eigenvalue weighted by molar-refractivity contribution is 8.00. The van der Waals surface area contributed by atoms with Crippen molar-refractivity contribution >= 4 is 29.3 Å². The average molecular weight is 397 g/mol. The maximum Gasteiger partial charge on any atom is 0.344 e. The van der Waals surface area contributed by atoms with Crippen LogP contribution in [0.5, 0.6) is 0 Å². The Balaban J connectivity index is 1.59. The number of hydrogen-bond donors (Lipinski definition) is 2. The van der Waals surface area contributed by atoms with Crippen molar-refractivity contribution in [2.45, 2.75) is 49.4 Å². The van der Waals surface area contributed by atoms with E-state index in [4.69, 9.17) is 16.3 Å². The molecule has 7 nitrogen and oxygen atoms in total. The Labute approximate surface area is 160 Å². The number of halogens is 1. The van der Waals surface area contributed by atoms with Crippen LogP contribution in [-0.4, -0.2) is 38.6 Å².